The monoisotopic (exact) mass is 270 g/mol. The first-order valence-electron chi connectivity index (χ1n) is 7.59. The molecule has 2 amide bonds. The Bertz CT molecular complexity index is 251. The molecule has 0 atom stereocenters. The highest BCUT2D eigenvalue weighted by Crippen LogP contribution is 2.13. The molecule has 0 aromatic carbocycles. The number of nitrogens with zero attached hydrogens (tertiary/aromatic N) is 1. The van der Waals surface area contributed by atoms with Gasteiger partial charge in [0.05, 0.1) is 0 Å². The fraction of sp³-hybridized carbons (Fsp3) is 0.933. The number of nitrogens with one attached hydrogen (secondary N) is 1. The van der Waals surface area contributed by atoms with E-state index in [1.54, 1.807) is 0 Å². The molecule has 1 fully saturated rings. The second-order valence-corrected chi connectivity index (χ2v) is 6.43. The lowest BCUT2D eigenvalue weighted by atomic mass is 10.0. The van der Waals surface area contributed by atoms with Gasteiger partial charge in [-0.2, -0.15) is 0 Å². The van der Waals surface area contributed by atoms with Gasteiger partial charge in [-0.15, -0.1) is 0 Å². The zero-order chi connectivity index (χ0) is 14.3. The predicted octanol–water partition coefficient (Wildman–Crippen LogP) is 2.74. The number of amides is 2. The van der Waals surface area contributed by atoms with Crippen LogP contribution in [0.4, 0.5) is 4.79 Å². The van der Waals surface area contributed by atoms with Crippen molar-refractivity contribution in [1.29, 1.82) is 0 Å². The summed E-state index contributed by atoms with van der Waals surface area (Å²) in [5.74, 6) is 1.60. The van der Waals surface area contributed by atoms with Crippen LogP contribution in [0.1, 0.15) is 40.5 Å². The van der Waals surface area contributed by atoms with E-state index >= 15 is 0 Å². The van der Waals surface area contributed by atoms with Gasteiger partial charge in [0.1, 0.15) is 0 Å². The molecule has 0 unspecified atom stereocenters. The Morgan fingerprint density at radius 2 is 1.68 bits per heavy atom. The third kappa shape index (κ3) is 6.81. The average Bonchev–Trinajstić information content (AvgIpc) is 2.35. The molecule has 0 radical (unpaired) electrons. The summed E-state index contributed by atoms with van der Waals surface area (Å²) in [5.41, 5.74) is 0. The molecule has 1 aliphatic heterocycles. The van der Waals surface area contributed by atoms with Gasteiger partial charge >= 0.3 is 6.03 Å². The van der Waals surface area contributed by atoms with Gasteiger partial charge in [0.2, 0.25) is 0 Å². The van der Waals surface area contributed by atoms with Crippen LogP contribution in [0.2, 0.25) is 0 Å². The molecule has 0 spiro atoms. The fourth-order valence-electron chi connectivity index (χ4n) is 2.42. The molecule has 112 valence electrons. The smallest absolute Gasteiger partial charge is 0.317 e. The Kier molecular flexibility index (Phi) is 7.21. The van der Waals surface area contributed by atoms with E-state index in [0.29, 0.717) is 17.8 Å². The molecule has 19 heavy (non-hydrogen) atoms. The number of carbonyl (C=O) groups is 1. The maximum Gasteiger partial charge on any atom is 0.317 e. The van der Waals surface area contributed by atoms with Crippen LogP contribution in [0.15, 0.2) is 0 Å². The van der Waals surface area contributed by atoms with Crippen molar-refractivity contribution in [2.75, 3.05) is 32.8 Å². The minimum absolute atomic E-state index is 0.0916. The molecule has 1 heterocycles. The number of ether oxygens (including phenoxy) is 1. The van der Waals surface area contributed by atoms with E-state index in [0.717, 1.165) is 45.7 Å². The van der Waals surface area contributed by atoms with Crippen molar-refractivity contribution in [3.8, 4) is 0 Å². The maximum atomic E-state index is 12.2. The van der Waals surface area contributed by atoms with Crippen LogP contribution in [0, 0.1) is 17.8 Å². The number of urea groups is 1. The third-order valence-electron chi connectivity index (χ3n) is 3.34. The molecule has 1 saturated heterocycles. The average molecular weight is 270 g/mol. The van der Waals surface area contributed by atoms with Gasteiger partial charge < -0.3 is 15.0 Å². The van der Waals surface area contributed by atoms with Crippen molar-refractivity contribution in [3.63, 3.8) is 0 Å². The largest absolute Gasteiger partial charge is 0.381 e. The molecule has 4 heteroatoms. The summed E-state index contributed by atoms with van der Waals surface area (Å²) in [6.07, 6.45) is 2.13. The number of carbonyl (C=O) groups excluding carboxylic acids is 1. The summed E-state index contributed by atoms with van der Waals surface area (Å²) in [4.78, 5) is 14.2. The van der Waals surface area contributed by atoms with Crippen LogP contribution in [-0.4, -0.2) is 43.8 Å². The number of rotatable bonds is 6. The minimum Gasteiger partial charge on any atom is -0.381 e. The van der Waals surface area contributed by atoms with Crippen molar-refractivity contribution >= 4 is 6.03 Å². The van der Waals surface area contributed by atoms with Gasteiger partial charge in [-0.1, -0.05) is 27.7 Å². The van der Waals surface area contributed by atoms with Crippen molar-refractivity contribution in [2.45, 2.75) is 40.5 Å². The summed E-state index contributed by atoms with van der Waals surface area (Å²) >= 11 is 0. The van der Waals surface area contributed by atoms with Gasteiger partial charge in [0.25, 0.3) is 0 Å². The van der Waals surface area contributed by atoms with E-state index in [1.807, 2.05) is 4.90 Å². The Balaban J connectivity index is 2.37. The summed E-state index contributed by atoms with van der Waals surface area (Å²) in [6, 6.07) is 0.0916. The van der Waals surface area contributed by atoms with Gasteiger partial charge in [0, 0.05) is 32.8 Å². The molecule has 0 aromatic rings. The zero-order valence-corrected chi connectivity index (χ0v) is 12.9. The molecular weight excluding hydrogens is 240 g/mol. The standard InChI is InChI=1S/C15H30N2O2/c1-12(2)10-17(11-13(3)4)15(18)16-9-14-5-7-19-8-6-14/h12-14H,5-11H2,1-4H3,(H,16,18). The van der Waals surface area contributed by atoms with E-state index in [1.165, 1.54) is 0 Å². The topological polar surface area (TPSA) is 41.6 Å². The van der Waals surface area contributed by atoms with E-state index in [4.69, 9.17) is 4.74 Å². The number of hydrogen-bond acceptors (Lipinski definition) is 2. The molecule has 0 saturated carbocycles. The van der Waals surface area contributed by atoms with Gasteiger partial charge in [-0.05, 0) is 30.6 Å². The Labute approximate surface area is 117 Å². The lowest BCUT2D eigenvalue weighted by molar-refractivity contribution is 0.0662. The first kappa shape index (κ1) is 16.3. The minimum atomic E-state index is 0.0916. The first-order chi connectivity index (χ1) is 8.99. The normalized spacial score (nSPS) is 16.9. The summed E-state index contributed by atoms with van der Waals surface area (Å²) < 4.78 is 5.34. The fourth-order valence-corrected chi connectivity index (χ4v) is 2.42. The van der Waals surface area contributed by atoms with E-state index in [2.05, 4.69) is 33.0 Å². The van der Waals surface area contributed by atoms with Crippen LogP contribution >= 0.6 is 0 Å². The van der Waals surface area contributed by atoms with Crippen molar-refractivity contribution < 1.29 is 9.53 Å². The molecule has 1 rings (SSSR count). The van der Waals surface area contributed by atoms with Crippen molar-refractivity contribution in [2.24, 2.45) is 17.8 Å². The van der Waals surface area contributed by atoms with Crippen LogP contribution in [0.5, 0.6) is 0 Å². The predicted molar refractivity (Wildman–Crippen MR) is 78.2 cm³/mol. The molecular formula is C15H30N2O2. The molecule has 4 nitrogen and oxygen atoms in total. The highest BCUT2D eigenvalue weighted by atomic mass is 16.5. The van der Waals surface area contributed by atoms with Crippen LogP contribution < -0.4 is 5.32 Å². The lowest BCUT2D eigenvalue weighted by Gasteiger charge is -2.28. The highest BCUT2D eigenvalue weighted by Gasteiger charge is 2.19. The lowest BCUT2D eigenvalue weighted by Crippen LogP contribution is -2.45. The van der Waals surface area contributed by atoms with Crippen molar-refractivity contribution in [3.05, 3.63) is 0 Å². The van der Waals surface area contributed by atoms with E-state index in [-0.39, 0.29) is 6.03 Å². The van der Waals surface area contributed by atoms with Gasteiger partial charge in [-0.3, -0.25) is 0 Å². The zero-order valence-electron chi connectivity index (χ0n) is 12.9. The Morgan fingerprint density at radius 1 is 1.16 bits per heavy atom. The van der Waals surface area contributed by atoms with Gasteiger partial charge in [-0.25, -0.2) is 4.79 Å². The molecule has 0 aliphatic carbocycles. The van der Waals surface area contributed by atoms with Crippen molar-refractivity contribution in [1.82, 2.24) is 10.2 Å². The number of hydrogen-bond donors (Lipinski definition) is 1. The quantitative estimate of drug-likeness (QED) is 0.806. The molecule has 0 bridgehead atoms. The SMILES string of the molecule is CC(C)CN(CC(C)C)C(=O)NCC1CCOCC1. The maximum absolute atomic E-state index is 12.2. The molecule has 1 N–H and O–H groups in total. The van der Waals surface area contributed by atoms with Crippen LogP contribution in [0.3, 0.4) is 0 Å². The second-order valence-electron chi connectivity index (χ2n) is 6.43. The molecule has 0 aromatic heterocycles. The Morgan fingerprint density at radius 3 is 2.16 bits per heavy atom. The summed E-state index contributed by atoms with van der Waals surface area (Å²) in [6.45, 7) is 12.7. The summed E-state index contributed by atoms with van der Waals surface area (Å²) in [5, 5.41) is 3.09. The third-order valence-corrected chi connectivity index (χ3v) is 3.34. The Hall–Kier alpha value is -0.770. The van der Waals surface area contributed by atoms with Gasteiger partial charge in [0.15, 0.2) is 0 Å². The summed E-state index contributed by atoms with van der Waals surface area (Å²) in [7, 11) is 0. The van der Waals surface area contributed by atoms with E-state index < -0.39 is 0 Å². The van der Waals surface area contributed by atoms with E-state index in [9.17, 15) is 4.79 Å². The van der Waals surface area contributed by atoms with Crippen LogP contribution in [-0.2, 0) is 4.74 Å². The first-order valence-corrected chi connectivity index (χ1v) is 7.59. The highest BCUT2D eigenvalue weighted by molar-refractivity contribution is 5.74. The molecule has 1 aliphatic rings. The van der Waals surface area contributed by atoms with Crippen LogP contribution in [0.25, 0.3) is 0 Å². The second kappa shape index (κ2) is 8.41.